The molecular weight excluding hydrogens is 180 g/mol. The molecule has 6 heteroatoms. The van der Waals surface area contributed by atoms with Crippen LogP contribution in [0.3, 0.4) is 0 Å². The topological polar surface area (TPSA) is 64.7 Å². The van der Waals surface area contributed by atoms with Gasteiger partial charge >= 0.3 is 0 Å². The molecule has 0 rings (SSSR count). The minimum absolute atomic E-state index is 0.536. The van der Waals surface area contributed by atoms with Crippen LogP contribution in [0.1, 0.15) is 6.92 Å². The normalized spacial score (nSPS) is 11.4. The van der Waals surface area contributed by atoms with Gasteiger partial charge in [0.15, 0.2) is 0 Å². The highest BCUT2D eigenvalue weighted by Crippen LogP contribution is 1.85. The van der Waals surface area contributed by atoms with Gasteiger partial charge in [0, 0.05) is 20.0 Å². The van der Waals surface area contributed by atoms with E-state index in [2.05, 4.69) is 39.2 Å². The van der Waals surface area contributed by atoms with Crippen molar-refractivity contribution in [1.29, 1.82) is 0 Å². The second kappa shape index (κ2) is 7.90. The third-order valence-corrected chi connectivity index (χ3v) is 1.26. The Morgan fingerprint density at radius 1 is 1.50 bits per heavy atom. The fourth-order valence-corrected chi connectivity index (χ4v) is 0.593. The molecule has 0 saturated heterocycles. The maximum atomic E-state index is 4.11. The number of nitrogens with zero attached hydrogens (tertiary/aromatic N) is 5. The monoisotopic (exact) mass is 196 g/mol. The van der Waals surface area contributed by atoms with Crippen molar-refractivity contribution in [3.63, 3.8) is 0 Å². The molecule has 1 N–H and O–H groups in total. The van der Waals surface area contributed by atoms with E-state index < -0.39 is 0 Å². The number of hydrogen-bond acceptors (Lipinski definition) is 4. The smallest absolute Gasteiger partial charge is 0.113 e. The number of amidine groups is 1. The average molecular weight is 196 g/mol. The lowest BCUT2D eigenvalue weighted by Gasteiger charge is -2.01. The fraction of sp³-hybridized carbons (Fsp3) is 0.500. The van der Waals surface area contributed by atoms with Crippen molar-refractivity contribution in [1.82, 2.24) is 10.4 Å². The van der Waals surface area contributed by atoms with E-state index in [4.69, 9.17) is 0 Å². The summed E-state index contributed by atoms with van der Waals surface area (Å²) in [6.07, 6.45) is 1.57. The minimum Gasteiger partial charge on any atom is -0.269 e. The number of aliphatic imine (C=N–C) groups is 1. The van der Waals surface area contributed by atoms with E-state index in [0.717, 1.165) is 0 Å². The zero-order chi connectivity index (χ0) is 10.8. The molecule has 0 aromatic heterocycles. The summed E-state index contributed by atoms with van der Waals surface area (Å²) in [5, 5.41) is 12.7. The summed E-state index contributed by atoms with van der Waals surface area (Å²) in [7, 11) is 1.76. The van der Waals surface area contributed by atoms with Crippen LogP contribution in [0.25, 0.3) is 0 Å². The summed E-state index contributed by atoms with van der Waals surface area (Å²) >= 11 is 0. The van der Waals surface area contributed by atoms with Crippen LogP contribution in [0, 0.1) is 0 Å². The standard InChI is InChI=1S/C8H16N6/c1-5-14(4)13-11-7-6-10-8(2)12-9-3/h5H,1,3,6-7H2,2,4H3,(H,10,12). The maximum absolute atomic E-state index is 4.11. The lowest BCUT2D eigenvalue weighted by molar-refractivity contribution is 0.447. The highest BCUT2D eigenvalue weighted by molar-refractivity contribution is 5.79. The number of hydrogen-bond donors (Lipinski definition) is 1. The SMILES string of the molecule is C=CN(C)N=NCCN=C(C)NN=C. The largest absolute Gasteiger partial charge is 0.269 e. The highest BCUT2D eigenvalue weighted by Gasteiger charge is 1.85. The lowest BCUT2D eigenvalue weighted by atomic mass is 10.6. The minimum atomic E-state index is 0.536. The highest BCUT2D eigenvalue weighted by atomic mass is 15.5. The lowest BCUT2D eigenvalue weighted by Crippen LogP contribution is -2.13. The third kappa shape index (κ3) is 6.96. The van der Waals surface area contributed by atoms with Crippen LogP contribution in [0.2, 0.25) is 0 Å². The van der Waals surface area contributed by atoms with Gasteiger partial charge in [-0.3, -0.25) is 15.4 Å². The van der Waals surface area contributed by atoms with Crippen molar-refractivity contribution in [2.45, 2.75) is 6.92 Å². The van der Waals surface area contributed by atoms with Crippen molar-refractivity contribution in [3.8, 4) is 0 Å². The van der Waals surface area contributed by atoms with Crippen LogP contribution < -0.4 is 5.43 Å². The maximum Gasteiger partial charge on any atom is 0.113 e. The number of rotatable bonds is 6. The molecule has 0 aliphatic carbocycles. The van der Waals surface area contributed by atoms with Gasteiger partial charge in [-0.25, -0.2) is 0 Å². The molecule has 0 bridgehead atoms. The molecule has 0 aliphatic heterocycles. The van der Waals surface area contributed by atoms with E-state index in [9.17, 15) is 0 Å². The predicted octanol–water partition coefficient (Wildman–Crippen LogP) is 1.05. The van der Waals surface area contributed by atoms with Gasteiger partial charge in [-0.15, -0.1) is 0 Å². The Hall–Kier alpha value is -1.72. The second-order valence-corrected chi connectivity index (χ2v) is 2.45. The molecule has 0 radical (unpaired) electrons. The van der Waals surface area contributed by atoms with Crippen LogP contribution in [0.5, 0.6) is 0 Å². The first-order valence-electron chi connectivity index (χ1n) is 4.16. The van der Waals surface area contributed by atoms with E-state index in [1.54, 1.807) is 13.2 Å². The van der Waals surface area contributed by atoms with E-state index in [0.29, 0.717) is 18.9 Å². The Morgan fingerprint density at radius 3 is 2.79 bits per heavy atom. The molecule has 0 aromatic rings. The van der Waals surface area contributed by atoms with Gasteiger partial charge in [-0.05, 0) is 6.92 Å². The molecule has 78 valence electrons. The molecule has 0 aliphatic rings. The van der Waals surface area contributed by atoms with Gasteiger partial charge < -0.3 is 0 Å². The predicted molar refractivity (Wildman–Crippen MR) is 58.3 cm³/mol. The van der Waals surface area contributed by atoms with Gasteiger partial charge in [0.05, 0.1) is 13.1 Å². The van der Waals surface area contributed by atoms with Crippen LogP contribution in [-0.4, -0.2) is 37.7 Å². The van der Waals surface area contributed by atoms with Gasteiger partial charge in [0.1, 0.15) is 5.84 Å². The third-order valence-electron chi connectivity index (χ3n) is 1.26. The molecule has 0 spiro atoms. The molecule has 0 amide bonds. The summed E-state index contributed by atoms with van der Waals surface area (Å²) in [6, 6.07) is 0. The molecule has 0 aromatic carbocycles. The quantitative estimate of drug-likeness (QED) is 0.227. The first kappa shape index (κ1) is 12.3. The molecule has 0 unspecified atom stereocenters. The van der Waals surface area contributed by atoms with Crippen molar-refractivity contribution < 1.29 is 0 Å². The van der Waals surface area contributed by atoms with E-state index in [1.807, 2.05) is 6.92 Å². The average Bonchev–Trinajstić information content (AvgIpc) is 2.17. The zero-order valence-corrected chi connectivity index (χ0v) is 8.64. The summed E-state index contributed by atoms with van der Waals surface area (Å²) in [4.78, 5) is 4.11. The molecule has 14 heavy (non-hydrogen) atoms. The van der Waals surface area contributed by atoms with Gasteiger partial charge in [0.25, 0.3) is 0 Å². The summed E-state index contributed by atoms with van der Waals surface area (Å²) in [6.45, 7) is 9.72. The van der Waals surface area contributed by atoms with Gasteiger partial charge in [-0.1, -0.05) is 11.8 Å². The Labute approximate surface area is 84.1 Å². The number of nitrogens with one attached hydrogen (secondary N) is 1. The van der Waals surface area contributed by atoms with Crippen LogP contribution in [0.4, 0.5) is 0 Å². The molecule has 0 heterocycles. The summed E-state index contributed by atoms with van der Waals surface area (Å²) in [5.74, 6) is 0.715. The Balaban J connectivity index is 3.64. The van der Waals surface area contributed by atoms with Crippen molar-refractivity contribution in [2.75, 3.05) is 20.1 Å². The van der Waals surface area contributed by atoms with E-state index in [-0.39, 0.29) is 0 Å². The first-order chi connectivity index (χ1) is 6.70. The van der Waals surface area contributed by atoms with Crippen molar-refractivity contribution in [3.05, 3.63) is 12.8 Å². The summed E-state index contributed by atoms with van der Waals surface area (Å²) in [5.41, 5.74) is 2.62. The van der Waals surface area contributed by atoms with Crippen molar-refractivity contribution in [2.24, 2.45) is 20.4 Å². The summed E-state index contributed by atoms with van der Waals surface area (Å²) < 4.78 is 0. The van der Waals surface area contributed by atoms with E-state index in [1.165, 1.54) is 5.01 Å². The molecule has 0 saturated carbocycles. The van der Waals surface area contributed by atoms with Gasteiger partial charge in [0.2, 0.25) is 0 Å². The Morgan fingerprint density at radius 2 is 2.21 bits per heavy atom. The molecular formula is C8H16N6. The first-order valence-corrected chi connectivity index (χ1v) is 4.16. The van der Waals surface area contributed by atoms with Crippen molar-refractivity contribution >= 4 is 12.6 Å². The van der Waals surface area contributed by atoms with Crippen LogP contribution in [-0.2, 0) is 0 Å². The van der Waals surface area contributed by atoms with E-state index >= 15 is 0 Å². The fourth-order valence-electron chi connectivity index (χ4n) is 0.593. The Bertz CT molecular complexity index is 232. The molecule has 6 nitrogen and oxygen atoms in total. The number of hydrazone groups is 1. The molecule has 0 atom stereocenters. The van der Waals surface area contributed by atoms with Crippen LogP contribution >= 0.6 is 0 Å². The van der Waals surface area contributed by atoms with Crippen LogP contribution in [0.15, 0.2) is 33.2 Å². The van der Waals surface area contributed by atoms with Gasteiger partial charge in [-0.2, -0.15) is 10.2 Å². The Kier molecular flexibility index (Phi) is 6.93. The zero-order valence-electron chi connectivity index (χ0n) is 8.64. The second-order valence-electron chi connectivity index (χ2n) is 2.45. The molecule has 0 fully saturated rings.